The number of halogens is 1. The summed E-state index contributed by atoms with van der Waals surface area (Å²) in [7, 11) is 0. The third-order valence-electron chi connectivity index (χ3n) is 3.48. The lowest BCUT2D eigenvalue weighted by atomic mass is 9.95. The number of hydrogen-bond donors (Lipinski definition) is 2. The number of hydrogen-bond acceptors (Lipinski definition) is 3. The smallest absolute Gasteiger partial charge is 0.120 e. The number of benzene rings is 1. The topological polar surface area (TPSA) is 41.5 Å². The number of rotatable bonds is 2. The summed E-state index contributed by atoms with van der Waals surface area (Å²) in [5, 5.41) is 13.1. The molecule has 1 unspecified atom stereocenters. The van der Waals surface area contributed by atoms with Crippen LogP contribution in [0.1, 0.15) is 36.5 Å². The Kier molecular flexibility index (Phi) is 5.26. The molecule has 0 aromatic heterocycles. The molecule has 1 heterocycles. The third-order valence-corrected chi connectivity index (χ3v) is 3.48. The van der Waals surface area contributed by atoms with Crippen LogP contribution in [-0.4, -0.2) is 22.7 Å². The van der Waals surface area contributed by atoms with E-state index in [4.69, 9.17) is 4.74 Å². The number of ether oxygens (including phenoxy) is 1. The minimum atomic E-state index is -0.395. The molecule has 0 saturated heterocycles. The van der Waals surface area contributed by atoms with Gasteiger partial charge in [-0.2, -0.15) is 0 Å². The van der Waals surface area contributed by atoms with E-state index in [9.17, 15) is 5.11 Å². The monoisotopic (exact) mass is 361 g/mol. The van der Waals surface area contributed by atoms with Crippen LogP contribution in [0.5, 0.6) is 5.75 Å². The normalized spacial score (nSPS) is 22.3. The fourth-order valence-electron chi connectivity index (χ4n) is 2.25. The van der Waals surface area contributed by atoms with E-state index in [1.165, 1.54) is 24.8 Å². The number of fused-ring (bicyclic) bond motifs is 1. The van der Waals surface area contributed by atoms with E-state index in [1.807, 2.05) is 17.1 Å². The number of aliphatic hydroxyl groups excluding tert-OH is 1. The predicted molar refractivity (Wildman–Crippen MR) is 81.3 cm³/mol. The Morgan fingerprint density at radius 1 is 1.33 bits per heavy atom. The molecule has 0 spiro atoms. The van der Waals surface area contributed by atoms with E-state index < -0.39 is 6.10 Å². The van der Waals surface area contributed by atoms with Gasteiger partial charge in [-0.3, -0.25) is 0 Å². The highest BCUT2D eigenvalue weighted by molar-refractivity contribution is 14.1. The van der Waals surface area contributed by atoms with Crippen molar-refractivity contribution in [2.75, 3.05) is 11.5 Å². The Balaban J connectivity index is 0.000000574. The van der Waals surface area contributed by atoms with Gasteiger partial charge in [0.05, 0.1) is 12.2 Å². The molecule has 1 fully saturated rings. The molecule has 3 nitrogen and oxygen atoms in total. The summed E-state index contributed by atoms with van der Waals surface area (Å²) in [6.07, 6.45) is 3.62. The highest BCUT2D eigenvalue weighted by Gasteiger charge is 2.21. The summed E-state index contributed by atoms with van der Waals surface area (Å²) < 4.78 is 5.83. The minimum absolute atomic E-state index is 0.395. The summed E-state index contributed by atoms with van der Waals surface area (Å²) in [5.41, 5.74) is 2.20. The maximum Gasteiger partial charge on any atom is 0.120 e. The van der Waals surface area contributed by atoms with Crippen LogP contribution in [0.4, 0.5) is 0 Å². The van der Waals surface area contributed by atoms with E-state index >= 15 is 0 Å². The fourth-order valence-corrected chi connectivity index (χ4v) is 2.25. The van der Waals surface area contributed by atoms with Crippen LogP contribution in [0, 0.1) is 0 Å². The largest absolute Gasteiger partial charge is 0.490 e. The zero-order valence-electron chi connectivity index (χ0n) is 10.7. The molecule has 1 aromatic carbocycles. The van der Waals surface area contributed by atoms with Crippen molar-refractivity contribution in [3.63, 3.8) is 0 Å². The van der Waals surface area contributed by atoms with Gasteiger partial charge in [-0.15, -0.1) is 0 Å². The van der Waals surface area contributed by atoms with Gasteiger partial charge in [0.1, 0.15) is 5.75 Å². The average molecular weight is 361 g/mol. The maximum absolute atomic E-state index is 9.87. The van der Waals surface area contributed by atoms with Crippen molar-refractivity contribution in [1.82, 2.24) is 5.32 Å². The molecule has 0 bridgehead atoms. The van der Waals surface area contributed by atoms with Gasteiger partial charge in [0.25, 0.3) is 0 Å². The first-order chi connectivity index (χ1) is 8.83. The van der Waals surface area contributed by atoms with E-state index in [0.29, 0.717) is 12.6 Å². The second-order valence-electron chi connectivity index (χ2n) is 4.68. The summed E-state index contributed by atoms with van der Waals surface area (Å²) >= 11 is 2.15. The second kappa shape index (κ2) is 6.73. The SMILES string of the molecule is CI.OC1CNCc2ccc(OC3CCC3)cc21. The van der Waals surface area contributed by atoms with Gasteiger partial charge >= 0.3 is 0 Å². The van der Waals surface area contributed by atoms with Crippen LogP contribution in [0.2, 0.25) is 0 Å². The van der Waals surface area contributed by atoms with E-state index in [2.05, 4.69) is 34.0 Å². The maximum atomic E-state index is 9.87. The fraction of sp³-hybridized carbons (Fsp3) is 0.571. The van der Waals surface area contributed by atoms with Crippen molar-refractivity contribution < 1.29 is 9.84 Å². The molecular weight excluding hydrogens is 341 g/mol. The van der Waals surface area contributed by atoms with Crippen LogP contribution in [-0.2, 0) is 6.54 Å². The second-order valence-corrected chi connectivity index (χ2v) is 4.68. The van der Waals surface area contributed by atoms with Crippen molar-refractivity contribution in [3.8, 4) is 5.75 Å². The molecule has 1 aliphatic carbocycles. The van der Waals surface area contributed by atoms with E-state index in [0.717, 1.165) is 17.9 Å². The molecule has 100 valence electrons. The first-order valence-electron chi connectivity index (χ1n) is 6.39. The molecule has 1 saturated carbocycles. The van der Waals surface area contributed by atoms with Crippen LogP contribution in [0.3, 0.4) is 0 Å². The van der Waals surface area contributed by atoms with Crippen LogP contribution >= 0.6 is 22.6 Å². The summed E-state index contributed by atoms with van der Waals surface area (Å²) in [6, 6.07) is 6.06. The highest BCUT2D eigenvalue weighted by Crippen LogP contribution is 2.29. The van der Waals surface area contributed by atoms with Gasteiger partial charge in [0.15, 0.2) is 0 Å². The average Bonchev–Trinajstić information content (AvgIpc) is 2.37. The quantitative estimate of drug-likeness (QED) is 0.629. The molecule has 1 aliphatic heterocycles. The van der Waals surface area contributed by atoms with Gasteiger partial charge in [0.2, 0.25) is 0 Å². The van der Waals surface area contributed by atoms with Crippen molar-refractivity contribution >= 4 is 22.6 Å². The lowest BCUT2D eigenvalue weighted by Gasteiger charge is -2.28. The van der Waals surface area contributed by atoms with Crippen molar-refractivity contribution in [2.45, 2.75) is 38.0 Å². The molecule has 18 heavy (non-hydrogen) atoms. The van der Waals surface area contributed by atoms with E-state index in [1.54, 1.807) is 0 Å². The Morgan fingerprint density at radius 2 is 2.11 bits per heavy atom. The lowest BCUT2D eigenvalue weighted by molar-refractivity contribution is 0.119. The van der Waals surface area contributed by atoms with Gasteiger partial charge in [-0.25, -0.2) is 0 Å². The molecule has 2 N–H and O–H groups in total. The molecule has 3 rings (SSSR count). The number of alkyl halides is 1. The first kappa shape index (κ1) is 14.1. The molecule has 0 amide bonds. The standard InChI is InChI=1S/C13H17NO2.CH3I/c15-13-8-14-7-9-4-5-11(6-12(9)13)16-10-2-1-3-10;1-2/h4-6,10,13-15H,1-3,7-8H2;1H3. The van der Waals surface area contributed by atoms with E-state index in [-0.39, 0.29) is 0 Å². The van der Waals surface area contributed by atoms with Gasteiger partial charge < -0.3 is 15.2 Å². The first-order valence-corrected chi connectivity index (χ1v) is 8.55. The number of aliphatic hydroxyl groups is 1. The molecule has 2 aliphatic rings. The predicted octanol–water partition coefficient (Wildman–Crippen LogP) is 2.81. The Hall–Kier alpha value is -0.330. The Bertz CT molecular complexity index is 393. The molecular formula is C14H20INO2. The van der Waals surface area contributed by atoms with Crippen LogP contribution in [0.25, 0.3) is 0 Å². The van der Waals surface area contributed by atoms with Crippen LogP contribution in [0.15, 0.2) is 18.2 Å². The Labute approximate surface area is 122 Å². The summed E-state index contributed by atoms with van der Waals surface area (Å²) in [5.74, 6) is 0.907. The Morgan fingerprint density at radius 3 is 2.78 bits per heavy atom. The highest BCUT2D eigenvalue weighted by atomic mass is 127. The van der Waals surface area contributed by atoms with Crippen molar-refractivity contribution in [1.29, 1.82) is 0 Å². The molecule has 1 aromatic rings. The van der Waals surface area contributed by atoms with Gasteiger partial charge in [-0.05, 0) is 47.5 Å². The zero-order chi connectivity index (χ0) is 13.0. The molecule has 0 radical (unpaired) electrons. The lowest BCUT2D eigenvalue weighted by Crippen LogP contribution is -2.28. The molecule has 4 heteroatoms. The van der Waals surface area contributed by atoms with Crippen molar-refractivity contribution in [3.05, 3.63) is 29.3 Å². The third kappa shape index (κ3) is 3.16. The minimum Gasteiger partial charge on any atom is -0.490 e. The summed E-state index contributed by atoms with van der Waals surface area (Å²) in [6.45, 7) is 1.48. The summed E-state index contributed by atoms with van der Waals surface area (Å²) in [4.78, 5) is 1.97. The van der Waals surface area contributed by atoms with Gasteiger partial charge in [-0.1, -0.05) is 28.7 Å². The zero-order valence-corrected chi connectivity index (χ0v) is 12.8. The van der Waals surface area contributed by atoms with Crippen molar-refractivity contribution in [2.24, 2.45) is 0 Å². The molecule has 1 atom stereocenters. The van der Waals surface area contributed by atoms with Gasteiger partial charge in [0, 0.05) is 13.1 Å². The number of nitrogens with one attached hydrogen (secondary N) is 1. The van der Waals surface area contributed by atoms with Crippen LogP contribution < -0.4 is 10.1 Å². The number of β-amino-alcohol motifs (C(OH)–C–C–N with tert-alkyl or cyclic N) is 1.